The maximum absolute atomic E-state index is 12.6. The minimum atomic E-state index is -3.60. The van der Waals surface area contributed by atoms with Crippen LogP contribution >= 0.6 is 15.9 Å². The van der Waals surface area contributed by atoms with Gasteiger partial charge in [-0.1, -0.05) is 46.3 Å². The van der Waals surface area contributed by atoms with Crippen LogP contribution in [0.25, 0.3) is 0 Å². The summed E-state index contributed by atoms with van der Waals surface area (Å²) in [5, 5.41) is 0. The predicted octanol–water partition coefficient (Wildman–Crippen LogP) is 3.47. The minimum Gasteiger partial charge on any atom is -0.295 e. The lowest BCUT2D eigenvalue weighted by molar-refractivity contribution is 0.101. The molecule has 0 radical (unpaired) electrons. The Kier molecular flexibility index (Phi) is 5.16. The molecule has 116 valence electrons. The van der Waals surface area contributed by atoms with E-state index >= 15 is 0 Å². The molecule has 4 nitrogen and oxygen atoms in total. The van der Waals surface area contributed by atoms with Crippen LogP contribution in [0.5, 0.6) is 0 Å². The topological polar surface area (TPSA) is 54.5 Å². The van der Waals surface area contributed by atoms with Crippen LogP contribution in [0.4, 0.5) is 0 Å². The molecule has 2 rings (SSSR count). The number of benzene rings is 2. The normalized spacial score (nSPS) is 11.6. The first kappa shape index (κ1) is 16.9. The van der Waals surface area contributed by atoms with Crippen molar-refractivity contribution >= 4 is 31.7 Å². The van der Waals surface area contributed by atoms with Gasteiger partial charge in [0.15, 0.2) is 5.78 Å². The fraction of sp³-hybridized carbons (Fsp3) is 0.188. The summed E-state index contributed by atoms with van der Waals surface area (Å²) in [7, 11) is -2.06. The number of hydrogen-bond donors (Lipinski definition) is 0. The summed E-state index contributed by atoms with van der Waals surface area (Å²) < 4.78 is 27.3. The van der Waals surface area contributed by atoms with Gasteiger partial charge in [0.05, 0.1) is 4.90 Å². The van der Waals surface area contributed by atoms with Crippen molar-refractivity contribution in [1.82, 2.24) is 4.31 Å². The van der Waals surface area contributed by atoms with Gasteiger partial charge >= 0.3 is 0 Å². The molecule has 0 saturated carbocycles. The van der Waals surface area contributed by atoms with Crippen molar-refractivity contribution in [3.05, 3.63) is 64.1 Å². The number of halogens is 1. The van der Waals surface area contributed by atoms with Gasteiger partial charge in [0.25, 0.3) is 0 Å². The van der Waals surface area contributed by atoms with E-state index in [-0.39, 0.29) is 17.2 Å². The summed E-state index contributed by atoms with van der Waals surface area (Å²) in [4.78, 5) is 11.4. The highest BCUT2D eigenvalue weighted by molar-refractivity contribution is 9.10. The van der Waals surface area contributed by atoms with E-state index in [1.807, 2.05) is 24.3 Å². The molecule has 0 amide bonds. The second-order valence-electron chi connectivity index (χ2n) is 4.93. The number of carbonyl (C=O) groups excluding carboxylic acids is 1. The van der Waals surface area contributed by atoms with Crippen LogP contribution in [0.2, 0.25) is 0 Å². The van der Waals surface area contributed by atoms with Crippen LogP contribution in [0.3, 0.4) is 0 Å². The summed E-state index contributed by atoms with van der Waals surface area (Å²) in [5.41, 5.74) is 1.38. The SMILES string of the molecule is CC(=O)c1ccc(S(=O)(=O)N(C)Cc2ccccc2Br)cc1. The zero-order valence-electron chi connectivity index (χ0n) is 12.3. The Morgan fingerprint density at radius 3 is 2.23 bits per heavy atom. The first-order valence-electron chi connectivity index (χ1n) is 6.63. The Labute approximate surface area is 138 Å². The first-order valence-corrected chi connectivity index (χ1v) is 8.86. The van der Waals surface area contributed by atoms with Gasteiger partial charge in [-0.15, -0.1) is 0 Å². The van der Waals surface area contributed by atoms with Crippen molar-refractivity contribution in [2.75, 3.05) is 7.05 Å². The van der Waals surface area contributed by atoms with Crippen LogP contribution in [0.15, 0.2) is 57.9 Å². The maximum Gasteiger partial charge on any atom is 0.243 e. The summed E-state index contributed by atoms with van der Waals surface area (Å²) >= 11 is 3.41. The van der Waals surface area contributed by atoms with E-state index in [9.17, 15) is 13.2 Å². The van der Waals surface area contributed by atoms with Crippen molar-refractivity contribution in [2.24, 2.45) is 0 Å². The largest absolute Gasteiger partial charge is 0.295 e. The van der Waals surface area contributed by atoms with Crippen LogP contribution in [-0.4, -0.2) is 25.6 Å². The molecule has 0 aliphatic heterocycles. The smallest absolute Gasteiger partial charge is 0.243 e. The molecule has 2 aromatic rings. The summed E-state index contributed by atoms with van der Waals surface area (Å²) in [6, 6.07) is 13.5. The van der Waals surface area contributed by atoms with Gasteiger partial charge in [-0.05, 0) is 30.7 Å². The minimum absolute atomic E-state index is 0.0921. The number of hydrogen-bond acceptors (Lipinski definition) is 3. The lowest BCUT2D eigenvalue weighted by atomic mass is 10.2. The highest BCUT2D eigenvalue weighted by Gasteiger charge is 2.21. The molecule has 0 bridgehead atoms. The molecule has 0 aromatic heterocycles. The second kappa shape index (κ2) is 6.73. The van der Waals surface area contributed by atoms with E-state index in [0.717, 1.165) is 10.0 Å². The molecule has 0 N–H and O–H groups in total. The highest BCUT2D eigenvalue weighted by atomic mass is 79.9. The molecule has 0 aliphatic rings. The Morgan fingerprint density at radius 1 is 1.09 bits per heavy atom. The van der Waals surface area contributed by atoms with E-state index < -0.39 is 10.0 Å². The number of sulfonamides is 1. The van der Waals surface area contributed by atoms with E-state index in [0.29, 0.717) is 5.56 Å². The van der Waals surface area contributed by atoms with Crippen LogP contribution < -0.4 is 0 Å². The van der Waals surface area contributed by atoms with Gasteiger partial charge in [0.2, 0.25) is 10.0 Å². The zero-order valence-corrected chi connectivity index (χ0v) is 14.7. The fourth-order valence-electron chi connectivity index (χ4n) is 1.99. The third-order valence-electron chi connectivity index (χ3n) is 3.32. The Hall–Kier alpha value is -1.50. The van der Waals surface area contributed by atoms with E-state index in [4.69, 9.17) is 0 Å². The standard InChI is InChI=1S/C16H16BrNO3S/c1-12(19)13-7-9-15(10-8-13)22(20,21)18(2)11-14-5-3-4-6-16(14)17/h3-10H,11H2,1-2H3. The van der Waals surface area contributed by atoms with Gasteiger partial charge in [0.1, 0.15) is 0 Å². The summed E-state index contributed by atoms with van der Waals surface area (Å²) in [6.07, 6.45) is 0. The third kappa shape index (κ3) is 3.63. The quantitative estimate of drug-likeness (QED) is 0.745. The third-order valence-corrected chi connectivity index (χ3v) is 5.91. The van der Waals surface area contributed by atoms with Crippen LogP contribution in [-0.2, 0) is 16.6 Å². The van der Waals surface area contributed by atoms with Gasteiger partial charge in [-0.2, -0.15) is 4.31 Å². The molecule has 0 aliphatic carbocycles. The van der Waals surface area contributed by atoms with Gasteiger partial charge < -0.3 is 0 Å². The second-order valence-corrected chi connectivity index (χ2v) is 7.83. The maximum atomic E-state index is 12.6. The molecule has 22 heavy (non-hydrogen) atoms. The molecule has 2 aromatic carbocycles. The zero-order chi connectivity index (χ0) is 16.3. The molecule has 6 heteroatoms. The molecule has 0 saturated heterocycles. The Balaban J connectivity index is 2.26. The van der Waals surface area contributed by atoms with E-state index in [2.05, 4.69) is 15.9 Å². The first-order chi connectivity index (χ1) is 10.3. The highest BCUT2D eigenvalue weighted by Crippen LogP contribution is 2.21. The van der Waals surface area contributed by atoms with Gasteiger partial charge in [-0.25, -0.2) is 8.42 Å². The van der Waals surface area contributed by atoms with Crippen molar-refractivity contribution in [1.29, 1.82) is 0 Å². The average molecular weight is 382 g/mol. The number of Topliss-reactive ketones (excluding diaryl/α,β-unsaturated/α-hetero) is 1. The van der Waals surface area contributed by atoms with Crippen molar-refractivity contribution < 1.29 is 13.2 Å². The molecular formula is C16H16BrNO3S. The molecule has 0 heterocycles. The summed E-state index contributed by atoms with van der Waals surface area (Å²) in [6.45, 7) is 1.71. The van der Waals surface area contributed by atoms with Crippen molar-refractivity contribution in [2.45, 2.75) is 18.4 Å². The Bertz CT molecular complexity index is 785. The lowest BCUT2D eigenvalue weighted by Crippen LogP contribution is -2.26. The van der Waals surface area contributed by atoms with Crippen LogP contribution in [0.1, 0.15) is 22.8 Å². The number of carbonyl (C=O) groups is 1. The van der Waals surface area contributed by atoms with Crippen molar-refractivity contribution in [3.8, 4) is 0 Å². The molecule has 0 atom stereocenters. The molecule has 0 spiro atoms. The number of ketones is 1. The van der Waals surface area contributed by atoms with Gasteiger partial charge in [0, 0.05) is 23.6 Å². The lowest BCUT2D eigenvalue weighted by Gasteiger charge is -2.18. The monoisotopic (exact) mass is 381 g/mol. The number of nitrogens with zero attached hydrogens (tertiary/aromatic N) is 1. The average Bonchev–Trinajstić information content (AvgIpc) is 2.49. The predicted molar refractivity (Wildman–Crippen MR) is 89.2 cm³/mol. The Morgan fingerprint density at radius 2 is 1.68 bits per heavy atom. The molecule has 0 unspecified atom stereocenters. The molecule has 0 fully saturated rings. The van der Waals surface area contributed by atoms with E-state index in [1.165, 1.54) is 42.5 Å². The fourth-order valence-corrected chi connectivity index (χ4v) is 3.55. The van der Waals surface area contributed by atoms with Crippen molar-refractivity contribution in [3.63, 3.8) is 0 Å². The molecular weight excluding hydrogens is 366 g/mol. The summed E-state index contributed by atoms with van der Waals surface area (Å²) in [5.74, 6) is -0.0921. The van der Waals surface area contributed by atoms with Crippen LogP contribution in [0, 0.1) is 0 Å². The number of rotatable bonds is 5. The van der Waals surface area contributed by atoms with E-state index in [1.54, 1.807) is 0 Å². The van der Waals surface area contributed by atoms with Gasteiger partial charge in [-0.3, -0.25) is 4.79 Å².